The zero-order valence-electron chi connectivity index (χ0n) is 13.1. The van der Waals surface area contributed by atoms with Crippen LogP contribution in [0, 0.1) is 0 Å². The van der Waals surface area contributed by atoms with Crippen LogP contribution in [0.5, 0.6) is 5.75 Å². The van der Waals surface area contributed by atoms with E-state index in [1.807, 2.05) is 23.6 Å². The summed E-state index contributed by atoms with van der Waals surface area (Å²) in [5, 5.41) is 2.78. The fraction of sp³-hybridized carbons (Fsp3) is 0.222. The molecule has 0 spiro atoms. The minimum atomic E-state index is -0.598. The normalized spacial score (nSPS) is 14.4. The van der Waals surface area contributed by atoms with Gasteiger partial charge in [0.2, 0.25) is 0 Å². The van der Waals surface area contributed by atoms with E-state index in [-0.39, 0.29) is 11.3 Å². The maximum Gasteiger partial charge on any atom is 0.347 e. The molecular weight excluding hydrogens is 326 g/mol. The summed E-state index contributed by atoms with van der Waals surface area (Å²) in [4.78, 5) is 27.0. The lowest BCUT2D eigenvalue weighted by molar-refractivity contribution is 0.0899. The zero-order valence-corrected chi connectivity index (χ0v) is 13.9. The molecule has 0 saturated heterocycles. The highest BCUT2D eigenvalue weighted by molar-refractivity contribution is 7.09. The first-order chi connectivity index (χ1) is 11.6. The lowest BCUT2D eigenvalue weighted by Crippen LogP contribution is -2.31. The van der Waals surface area contributed by atoms with Gasteiger partial charge in [-0.1, -0.05) is 6.07 Å². The van der Waals surface area contributed by atoms with Gasteiger partial charge >= 0.3 is 5.63 Å². The predicted molar refractivity (Wildman–Crippen MR) is 91.5 cm³/mol. The zero-order chi connectivity index (χ0) is 16.7. The number of hydrogen-bond donors (Lipinski definition) is 0. The number of fused-ring (bicyclic) bond motifs is 3. The maximum absolute atomic E-state index is 12.1. The van der Waals surface area contributed by atoms with Gasteiger partial charge in [0.05, 0.1) is 5.56 Å². The molecule has 0 unspecified atom stereocenters. The Bertz CT molecular complexity index is 975. The van der Waals surface area contributed by atoms with Crippen LogP contribution in [-0.4, -0.2) is 17.4 Å². The standard InChI is InChI=1S/C18H15NO4S/c1-11(20)14-7-12-4-5-16-15(17(12)23-18(14)21)9-19(10-22-16)8-13-3-2-6-24-13/h2-7H,8-10H2,1H3. The van der Waals surface area contributed by atoms with Gasteiger partial charge in [-0.15, -0.1) is 11.3 Å². The van der Waals surface area contributed by atoms with E-state index < -0.39 is 5.63 Å². The topological polar surface area (TPSA) is 59.8 Å². The fourth-order valence-corrected chi connectivity index (χ4v) is 3.66. The lowest BCUT2D eigenvalue weighted by atomic mass is 10.1. The highest BCUT2D eigenvalue weighted by Gasteiger charge is 2.22. The summed E-state index contributed by atoms with van der Waals surface area (Å²) < 4.78 is 11.3. The minimum absolute atomic E-state index is 0.0784. The van der Waals surface area contributed by atoms with Crippen LogP contribution in [0.1, 0.15) is 27.7 Å². The van der Waals surface area contributed by atoms with Gasteiger partial charge < -0.3 is 9.15 Å². The van der Waals surface area contributed by atoms with Crippen LogP contribution >= 0.6 is 11.3 Å². The van der Waals surface area contributed by atoms with Crippen LogP contribution in [0.3, 0.4) is 0 Å². The highest BCUT2D eigenvalue weighted by Crippen LogP contribution is 2.32. The lowest BCUT2D eigenvalue weighted by Gasteiger charge is -2.28. The Morgan fingerprint density at radius 1 is 1.33 bits per heavy atom. The van der Waals surface area contributed by atoms with E-state index in [2.05, 4.69) is 11.0 Å². The van der Waals surface area contributed by atoms with Gasteiger partial charge in [0.1, 0.15) is 23.6 Å². The van der Waals surface area contributed by atoms with E-state index in [1.54, 1.807) is 17.4 Å². The number of rotatable bonds is 3. The number of thiophene rings is 1. The van der Waals surface area contributed by atoms with Crippen molar-refractivity contribution in [3.05, 3.63) is 62.1 Å². The number of nitrogens with zero attached hydrogens (tertiary/aromatic N) is 1. The van der Waals surface area contributed by atoms with Gasteiger partial charge in [-0.25, -0.2) is 4.79 Å². The van der Waals surface area contributed by atoms with E-state index >= 15 is 0 Å². The molecule has 6 heteroatoms. The summed E-state index contributed by atoms with van der Waals surface area (Å²) >= 11 is 1.70. The average molecular weight is 341 g/mol. The molecule has 0 bridgehead atoms. The molecule has 122 valence electrons. The summed E-state index contributed by atoms with van der Waals surface area (Å²) in [6.07, 6.45) is 0. The quantitative estimate of drug-likeness (QED) is 0.540. The van der Waals surface area contributed by atoms with E-state index in [0.717, 1.165) is 23.2 Å². The molecule has 0 amide bonds. The summed E-state index contributed by atoms with van der Waals surface area (Å²) in [5.41, 5.74) is 0.828. The molecule has 3 heterocycles. The van der Waals surface area contributed by atoms with Crippen molar-refractivity contribution in [1.82, 2.24) is 4.90 Å². The van der Waals surface area contributed by atoms with Crippen LogP contribution in [0.2, 0.25) is 0 Å². The Morgan fingerprint density at radius 2 is 2.21 bits per heavy atom. The smallest absolute Gasteiger partial charge is 0.347 e. The number of carbonyl (C=O) groups excluding carboxylic acids is 1. The van der Waals surface area contributed by atoms with Crippen molar-refractivity contribution in [2.24, 2.45) is 0 Å². The molecule has 0 fully saturated rings. The minimum Gasteiger partial charge on any atom is -0.478 e. The third kappa shape index (κ3) is 2.64. The molecule has 3 aromatic rings. The molecule has 0 aliphatic carbocycles. The van der Waals surface area contributed by atoms with Gasteiger partial charge in [-0.05, 0) is 36.6 Å². The number of hydrogen-bond acceptors (Lipinski definition) is 6. The second kappa shape index (κ2) is 5.89. The first-order valence-corrected chi connectivity index (χ1v) is 8.48. The maximum atomic E-state index is 12.1. The molecule has 2 aromatic heterocycles. The third-order valence-electron chi connectivity index (χ3n) is 4.09. The Kier molecular flexibility index (Phi) is 3.70. The molecule has 0 radical (unpaired) electrons. The van der Waals surface area contributed by atoms with Crippen LogP contribution < -0.4 is 10.4 Å². The van der Waals surface area contributed by atoms with Crippen molar-refractivity contribution >= 4 is 28.1 Å². The molecule has 0 saturated carbocycles. The van der Waals surface area contributed by atoms with E-state index in [9.17, 15) is 9.59 Å². The summed E-state index contributed by atoms with van der Waals surface area (Å²) in [6, 6.07) is 9.39. The summed E-state index contributed by atoms with van der Waals surface area (Å²) in [6.45, 7) is 3.27. The molecule has 0 N–H and O–H groups in total. The predicted octanol–water partition coefficient (Wildman–Crippen LogP) is 3.41. The van der Waals surface area contributed by atoms with Crippen LogP contribution in [0.25, 0.3) is 11.0 Å². The Balaban J connectivity index is 1.75. The van der Waals surface area contributed by atoms with Gasteiger partial charge in [-0.2, -0.15) is 0 Å². The number of benzene rings is 1. The number of carbonyl (C=O) groups is 1. The summed E-state index contributed by atoms with van der Waals surface area (Å²) in [5.74, 6) is 0.433. The average Bonchev–Trinajstić information content (AvgIpc) is 3.07. The SMILES string of the molecule is CC(=O)c1cc2ccc3c(c2oc1=O)CN(Cc1cccs1)CO3. The molecule has 0 atom stereocenters. The fourth-order valence-electron chi connectivity index (χ4n) is 2.91. The summed E-state index contributed by atoms with van der Waals surface area (Å²) in [7, 11) is 0. The molecular formula is C18H15NO4S. The van der Waals surface area contributed by atoms with Crippen LogP contribution in [-0.2, 0) is 13.1 Å². The van der Waals surface area contributed by atoms with Crippen molar-refractivity contribution < 1.29 is 13.9 Å². The highest BCUT2D eigenvalue weighted by atomic mass is 32.1. The Labute approximate surface area is 142 Å². The monoisotopic (exact) mass is 341 g/mol. The molecule has 1 aliphatic rings. The van der Waals surface area contributed by atoms with Crippen molar-refractivity contribution in [1.29, 1.82) is 0 Å². The first kappa shape index (κ1) is 15.1. The Morgan fingerprint density at radius 3 is 2.96 bits per heavy atom. The van der Waals surface area contributed by atoms with E-state index in [0.29, 0.717) is 18.9 Å². The van der Waals surface area contributed by atoms with Crippen molar-refractivity contribution in [2.45, 2.75) is 20.0 Å². The van der Waals surface area contributed by atoms with Gasteiger partial charge in [0.15, 0.2) is 5.78 Å². The van der Waals surface area contributed by atoms with E-state index in [4.69, 9.17) is 9.15 Å². The molecule has 1 aromatic carbocycles. The molecule has 24 heavy (non-hydrogen) atoms. The number of ketones is 1. The van der Waals surface area contributed by atoms with Gasteiger partial charge in [0.25, 0.3) is 0 Å². The molecule has 4 rings (SSSR count). The Hall–Kier alpha value is -2.44. The van der Waals surface area contributed by atoms with Gasteiger partial charge in [0, 0.05) is 23.4 Å². The second-order valence-electron chi connectivity index (χ2n) is 5.80. The van der Waals surface area contributed by atoms with Crippen molar-refractivity contribution in [2.75, 3.05) is 6.73 Å². The molecule has 5 nitrogen and oxygen atoms in total. The van der Waals surface area contributed by atoms with Crippen LogP contribution in [0.4, 0.5) is 0 Å². The van der Waals surface area contributed by atoms with Crippen LogP contribution in [0.15, 0.2) is 44.9 Å². The first-order valence-electron chi connectivity index (χ1n) is 7.60. The molecule has 1 aliphatic heterocycles. The van der Waals surface area contributed by atoms with Gasteiger partial charge in [-0.3, -0.25) is 9.69 Å². The number of Topliss-reactive ketones (excluding diaryl/α,β-unsaturated/α-hetero) is 1. The van der Waals surface area contributed by atoms with Crippen molar-refractivity contribution in [3.8, 4) is 5.75 Å². The third-order valence-corrected chi connectivity index (χ3v) is 4.95. The largest absolute Gasteiger partial charge is 0.478 e. The second-order valence-corrected chi connectivity index (χ2v) is 6.84. The van der Waals surface area contributed by atoms with Crippen molar-refractivity contribution in [3.63, 3.8) is 0 Å². The number of ether oxygens (including phenoxy) is 1. The van der Waals surface area contributed by atoms with E-state index in [1.165, 1.54) is 11.8 Å².